The molecule has 0 aliphatic heterocycles. The van der Waals surface area contributed by atoms with Crippen LogP contribution in [0.3, 0.4) is 0 Å². The maximum absolute atomic E-state index is 5.95. The van der Waals surface area contributed by atoms with Crippen molar-refractivity contribution in [2.45, 2.75) is 13.0 Å². The van der Waals surface area contributed by atoms with Gasteiger partial charge in [-0.25, -0.2) is 0 Å². The average molecular weight is 280 g/mol. The Labute approximate surface area is 118 Å². The van der Waals surface area contributed by atoms with Crippen molar-refractivity contribution in [2.75, 3.05) is 6.54 Å². The molecule has 1 N–H and O–H groups in total. The SMILES string of the molecule is Clc1cc(Cl)cc(CNCCc2ccccc2)c1. The Hall–Kier alpha value is -1.02. The van der Waals surface area contributed by atoms with Gasteiger partial charge >= 0.3 is 0 Å². The quantitative estimate of drug-likeness (QED) is 0.804. The van der Waals surface area contributed by atoms with E-state index in [9.17, 15) is 0 Å². The van der Waals surface area contributed by atoms with Crippen LogP contribution in [0.15, 0.2) is 48.5 Å². The number of rotatable bonds is 5. The Morgan fingerprint density at radius 3 is 2.17 bits per heavy atom. The van der Waals surface area contributed by atoms with Gasteiger partial charge in [0.1, 0.15) is 0 Å². The molecule has 2 rings (SSSR count). The van der Waals surface area contributed by atoms with Crippen LogP contribution in [0.5, 0.6) is 0 Å². The van der Waals surface area contributed by atoms with Crippen LogP contribution in [0.1, 0.15) is 11.1 Å². The highest BCUT2D eigenvalue weighted by Gasteiger charge is 1.98. The topological polar surface area (TPSA) is 12.0 Å². The van der Waals surface area contributed by atoms with Crippen molar-refractivity contribution >= 4 is 23.2 Å². The van der Waals surface area contributed by atoms with E-state index in [-0.39, 0.29) is 0 Å². The van der Waals surface area contributed by atoms with E-state index in [1.165, 1.54) is 5.56 Å². The molecule has 3 heteroatoms. The molecule has 0 saturated carbocycles. The first-order valence-electron chi connectivity index (χ1n) is 5.93. The first-order valence-corrected chi connectivity index (χ1v) is 6.69. The molecular formula is C15H15Cl2N. The fourth-order valence-corrected chi connectivity index (χ4v) is 2.39. The Kier molecular flexibility index (Phi) is 5.06. The van der Waals surface area contributed by atoms with Crippen molar-refractivity contribution in [3.8, 4) is 0 Å². The largest absolute Gasteiger partial charge is 0.312 e. The molecule has 2 aromatic carbocycles. The minimum absolute atomic E-state index is 0.683. The molecule has 1 nitrogen and oxygen atoms in total. The van der Waals surface area contributed by atoms with Gasteiger partial charge in [0.05, 0.1) is 0 Å². The van der Waals surface area contributed by atoms with Crippen LogP contribution in [0.25, 0.3) is 0 Å². The Morgan fingerprint density at radius 2 is 1.50 bits per heavy atom. The van der Waals surface area contributed by atoms with Crippen molar-refractivity contribution in [2.24, 2.45) is 0 Å². The van der Waals surface area contributed by atoms with Gasteiger partial charge in [-0.1, -0.05) is 53.5 Å². The van der Waals surface area contributed by atoms with E-state index in [0.717, 1.165) is 25.1 Å². The number of halogens is 2. The van der Waals surface area contributed by atoms with E-state index in [1.54, 1.807) is 6.07 Å². The summed E-state index contributed by atoms with van der Waals surface area (Å²) in [6, 6.07) is 16.0. The van der Waals surface area contributed by atoms with Gasteiger partial charge in [-0.3, -0.25) is 0 Å². The molecule has 0 amide bonds. The summed E-state index contributed by atoms with van der Waals surface area (Å²) in [4.78, 5) is 0. The molecule has 0 heterocycles. The van der Waals surface area contributed by atoms with Gasteiger partial charge in [-0.15, -0.1) is 0 Å². The van der Waals surface area contributed by atoms with E-state index in [2.05, 4.69) is 29.6 Å². The second kappa shape index (κ2) is 6.79. The molecule has 0 aliphatic carbocycles. The lowest BCUT2D eigenvalue weighted by atomic mass is 10.1. The first kappa shape index (κ1) is 13.4. The lowest BCUT2D eigenvalue weighted by Gasteiger charge is -2.06. The van der Waals surface area contributed by atoms with Crippen LogP contribution >= 0.6 is 23.2 Å². The third kappa shape index (κ3) is 4.34. The van der Waals surface area contributed by atoms with E-state index in [0.29, 0.717) is 10.0 Å². The van der Waals surface area contributed by atoms with Gasteiger partial charge in [0.2, 0.25) is 0 Å². The highest BCUT2D eigenvalue weighted by Crippen LogP contribution is 2.18. The molecule has 0 radical (unpaired) electrons. The van der Waals surface area contributed by atoms with E-state index >= 15 is 0 Å². The predicted molar refractivity (Wildman–Crippen MR) is 78.3 cm³/mol. The lowest BCUT2D eigenvalue weighted by Crippen LogP contribution is -2.16. The van der Waals surface area contributed by atoms with Gasteiger partial charge in [-0.2, -0.15) is 0 Å². The molecule has 0 atom stereocenters. The summed E-state index contributed by atoms with van der Waals surface area (Å²) in [5.41, 5.74) is 2.45. The second-order valence-corrected chi connectivity index (χ2v) is 5.06. The van der Waals surface area contributed by atoms with E-state index < -0.39 is 0 Å². The number of hydrogen-bond donors (Lipinski definition) is 1. The summed E-state index contributed by atoms with van der Waals surface area (Å²) in [6.45, 7) is 1.72. The molecule has 0 aromatic heterocycles. The molecule has 0 spiro atoms. The van der Waals surface area contributed by atoms with Crippen LogP contribution in [0.2, 0.25) is 10.0 Å². The molecule has 0 aliphatic rings. The normalized spacial score (nSPS) is 10.6. The maximum atomic E-state index is 5.95. The number of benzene rings is 2. The van der Waals surface area contributed by atoms with Gasteiger partial charge in [0, 0.05) is 16.6 Å². The van der Waals surface area contributed by atoms with Crippen LogP contribution < -0.4 is 5.32 Å². The first-order chi connectivity index (χ1) is 8.74. The van der Waals surface area contributed by atoms with Crippen molar-refractivity contribution in [3.63, 3.8) is 0 Å². The fraction of sp³-hybridized carbons (Fsp3) is 0.200. The Morgan fingerprint density at radius 1 is 0.833 bits per heavy atom. The smallest absolute Gasteiger partial charge is 0.0424 e. The predicted octanol–water partition coefficient (Wildman–Crippen LogP) is 4.33. The van der Waals surface area contributed by atoms with E-state index in [1.807, 2.05) is 18.2 Å². The monoisotopic (exact) mass is 279 g/mol. The standard InChI is InChI=1S/C15H15Cl2N/c16-14-8-13(9-15(17)10-14)11-18-7-6-12-4-2-1-3-5-12/h1-5,8-10,18H,6-7,11H2. The fourth-order valence-electron chi connectivity index (χ4n) is 1.82. The zero-order valence-electron chi connectivity index (χ0n) is 10.00. The van der Waals surface area contributed by atoms with Crippen LogP contribution in [0.4, 0.5) is 0 Å². The maximum Gasteiger partial charge on any atom is 0.0424 e. The van der Waals surface area contributed by atoms with Crippen molar-refractivity contribution in [1.29, 1.82) is 0 Å². The van der Waals surface area contributed by atoms with Crippen LogP contribution in [0, 0.1) is 0 Å². The molecule has 18 heavy (non-hydrogen) atoms. The molecule has 0 fully saturated rings. The van der Waals surface area contributed by atoms with Gasteiger partial charge in [0.25, 0.3) is 0 Å². The van der Waals surface area contributed by atoms with Crippen molar-refractivity contribution < 1.29 is 0 Å². The molecule has 94 valence electrons. The highest BCUT2D eigenvalue weighted by atomic mass is 35.5. The lowest BCUT2D eigenvalue weighted by molar-refractivity contribution is 0.687. The third-order valence-corrected chi connectivity index (χ3v) is 3.12. The highest BCUT2D eigenvalue weighted by molar-refractivity contribution is 6.34. The second-order valence-electron chi connectivity index (χ2n) is 4.19. The van der Waals surface area contributed by atoms with Crippen molar-refractivity contribution in [1.82, 2.24) is 5.32 Å². The number of nitrogens with one attached hydrogen (secondary N) is 1. The van der Waals surface area contributed by atoms with Crippen LogP contribution in [-0.4, -0.2) is 6.54 Å². The minimum Gasteiger partial charge on any atom is -0.312 e. The van der Waals surface area contributed by atoms with Crippen molar-refractivity contribution in [3.05, 3.63) is 69.7 Å². The third-order valence-electron chi connectivity index (χ3n) is 2.68. The summed E-state index contributed by atoms with van der Waals surface area (Å²) in [5.74, 6) is 0. The summed E-state index contributed by atoms with van der Waals surface area (Å²) >= 11 is 11.9. The number of hydrogen-bond acceptors (Lipinski definition) is 1. The molecular weight excluding hydrogens is 265 g/mol. The minimum atomic E-state index is 0.683. The van der Waals surface area contributed by atoms with Crippen LogP contribution in [-0.2, 0) is 13.0 Å². The molecule has 0 bridgehead atoms. The Balaban J connectivity index is 1.78. The average Bonchev–Trinajstić information content (AvgIpc) is 2.35. The molecule has 2 aromatic rings. The summed E-state index contributed by atoms with van der Waals surface area (Å²) in [6.07, 6.45) is 1.02. The Bertz CT molecular complexity index is 477. The van der Waals surface area contributed by atoms with Gasteiger partial charge < -0.3 is 5.32 Å². The summed E-state index contributed by atoms with van der Waals surface area (Å²) in [7, 11) is 0. The van der Waals surface area contributed by atoms with E-state index in [4.69, 9.17) is 23.2 Å². The zero-order valence-corrected chi connectivity index (χ0v) is 11.5. The molecule has 0 saturated heterocycles. The summed E-state index contributed by atoms with van der Waals surface area (Å²) in [5, 5.41) is 4.75. The van der Waals surface area contributed by atoms with Gasteiger partial charge in [0.15, 0.2) is 0 Å². The molecule has 0 unspecified atom stereocenters. The summed E-state index contributed by atoms with van der Waals surface area (Å²) < 4.78 is 0. The van der Waals surface area contributed by atoms with Gasteiger partial charge in [-0.05, 0) is 42.3 Å². The zero-order chi connectivity index (χ0) is 12.8.